The van der Waals surface area contributed by atoms with Gasteiger partial charge >= 0.3 is 0 Å². The van der Waals surface area contributed by atoms with Gasteiger partial charge in [0.2, 0.25) is 0 Å². The summed E-state index contributed by atoms with van der Waals surface area (Å²) in [5.41, 5.74) is 3.09. The van der Waals surface area contributed by atoms with Crippen molar-refractivity contribution in [2.75, 3.05) is 17.7 Å². The zero-order valence-electron chi connectivity index (χ0n) is 9.43. The molecule has 0 unspecified atom stereocenters. The molecule has 0 aliphatic heterocycles. The Labute approximate surface area is 101 Å². The predicted octanol–water partition coefficient (Wildman–Crippen LogP) is 3.00. The fourth-order valence-corrected chi connectivity index (χ4v) is 2.69. The van der Waals surface area contributed by atoms with Gasteiger partial charge in [0.1, 0.15) is 5.82 Å². The number of fused-ring (bicyclic) bond motifs is 1. The molecule has 1 N–H and O–H groups in total. The monoisotopic (exact) mass is 236 g/mol. The molecule has 2 nitrogen and oxygen atoms in total. The molecule has 0 bridgehead atoms. The molecule has 0 spiro atoms. The fourth-order valence-electron chi connectivity index (χ4n) is 2.33. The van der Waals surface area contributed by atoms with E-state index in [1.165, 1.54) is 36.9 Å². The molecule has 0 amide bonds. The van der Waals surface area contributed by atoms with Crippen LogP contribution in [0, 0.1) is 5.41 Å². The first-order chi connectivity index (χ1) is 7.81. The van der Waals surface area contributed by atoms with Crippen molar-refractivity contribution in [2.45, 2.75) is 32.1 Å². The Hall–Kier alpha value is -0.760. The minimum absolute atomic E-state index is 0.363. The van der Waals surface area contributed by atoms with Crippen LogP contribution in [0.15, 0.2) is 12.1 Å². The normalized spacial score (nSPS) is 20.6. The summed E-state index contributed by atoms with van der Waals surface area (Å²) in [4.78, 5) is 4.66. The third-order valence-corrected chi connectivity index (χ3v) is 4.38. The van der Waals surface area contributed by atoms with Gasteiger partial charge in [-0.2, -0.15) is 0 Å². The summed E-state index contributed by atoms with van der Waals surface area (Å²) in [6.07, 6.45) is 6.13. The maximum absolute atomic E-state index is 5.96. The lowest BCUT2D eigenvalue weighted by molar-refractivity contribution is 0.617. The largest absolute Gasteiger partial charge is 0.369 e. The van der Waals surface area contributed by atoms with Crippen molar-refractivity contribution in [3.05, 3.63) is 23.4 Å². The quantitative estimate of drug-likeness (QED) is 0.813. The number of halogens is 1. The topological polar surface area (TPSA) is 24.9 Å². The van der Waals surface area contributed by atoms with Gasteiger partial charge in [-0.15, -0.1) is 11.6 Å². The van der Waals surface area contributed by atoms with E-state index in [-0.39, 0.29) is 0 Å². The number of pyridine rings is 1. The Morgan fingerprint density at radius 3 is 2.94 bits per heavy atom. The van der Waals surface area contributed by atoms with E-state index in [1.807, 2.05) is 0 Å². The van der Waals surface area contributed by atoms with Crippen molar-refractivity contribution in [2.24, 2.45) is 5.41 Å². The number of hydrogen-bond donors (Lipinski definition) is 1. The molecule has 0 saturated heterocycles. The Kier molecular flexibility index (Phi) is 2.55. The lowest BCUT2D eigenvalue weighted by Crippen LogP contribution is -2.17. The zero-order chi connectivity index (χ0) is 11.0. The van der Waals surface area contributed by atoms with E-state index in [0.717, 1.165) is 24.7 Å². The molecule has 0 aromatic carbocycles. The van der Waals surface area contributed by atoms with E-state index < -0.39 is 0 Å². The van der Waals surface area contributed by atoms with Gasteiger partial charge in [0.15, 0.2) is 0 Å². The van der Waals surface area contributed by atoms with Crippen molar-refractivity contribution < 1.29 is 0 Å². The first-order valence-corrected chi connectivity index (χ1v) is 6.63. The molecule has 1 saturated carbocycles. The highest BCUT2D eigenvalue weighted by Gasteiger charge is 2.41. The van der Waals surface area contributed by atoms with E-state index in [9.17, 15) is 0 Å². The molecule has 3 rings (SSSR count). The molecule has 0 radical (unpaired) electrons. The summed E-state index contributed by atoms with van der Waals surface area (Å²) < 4.78 is 0. The van der Waals surface area contributed by atoms with Crippen LogP contribution in [0.1, 0.15) is 30.5 Å². The molecule has 2 aliphatic carbocycles. The van der Waals surface area contributed by atoms with Crippen LogP contribution in [0.4, 0.5) is 5.82 Å². The van der Waals surface area contributed by atoms with Crippen LogP contribution in [0.2, 0.25) is 0 Å². The second kappa shape index (κ2) is 3.92. The molecule has 0 atom stereocenters. The summed E-state index contributed by atoms with van der Waals surface area (Å²) in [6, 6.07) is 4.33. The minimum Gasteiger partial charge on any atom is -0.369 e. The molecule has 86 valence electrons. The van der Waals surface area contributed by atoms with Crippen LogP contribution >= 0.6 is 11.6 Å². The number of nitrogens with zero attached hydrogens (tertiary/aromatic N) is 1. The maximum Gasteiger partial charge on any atom is 0.126 e. The molecular formula is C13H17ClN2. The van der Waals surface area contributed by atoms with Gasteiger partial charge in [-0.05, 0) is 43.7 Å². The number of anilines is 1. The molecule has 16 heavy (non-hydrogen) atoms. The third kappa shape index (κ3) is 1.91. The number of aromatic nitrogens is 1. The van der Waals surface area contributed by atoms with Crippen molar-refractivity contribution in [1.82, 2.24) is 4.98 Å². The highest BCUT2D eigenvalue weighted by molar-refractivity contribution is 6.18. The average molecular weight is 237 g/mol. The van der Waals surface area contributed by atoms with Crippen molar-refractivity contribution in [3.8, 4) is 0 Å². The summed E-state index contributed by atoms with van der Waals surface area (Å²) in [7, 11) is 0. The summed E-state index contributed by atoms with van der Waals surface area (Å²) in [5, 5.41) is 3.43. The van der Waals surface area contributed by atoms with Gasteiger partial charge in [0.05, 0.1) is 0 Å². The molecule has 3 heteroatoms. The molecule has 1 aromatic heterocycles. The predicted molar refractivity (Wildman–Crippen MR) is 67.1 cm³/mol. The SMILES string of the molecule is ClCC1(CNc2ccc3c(n2)CCC3)CC1. The lowest BCUT2D eigenvalue weighted by atomic mass is 10.1. The van der Waals surface area contributed by atoms with Crippen molar-refractivity contribution in [1.29, 1.82) is 0 Å². The number of rotatable bonds is 4. The van der Waals surface area contributed by atoms with E-state index in [2.05, 4.69) is 22.4 Å². The van der Waals surface area contributed by atoms with Crippen LogP contribution in [0.3, 0.4) is 0 Å². The van der Waals surface area contributed by atoms with Gasteiger partial charge in [0, 0.05) is 23.5 Å². The zero-order valence-corrected chi connectivity index (χ0v) is 10.2. The Bertz CT molecular complexity index is 399. The second-order valence-corrected chi connectivity index (χ2v) is 5.41. The Morgan fingerprint density at radius 2 is 2.19 bits per heavy atom. The molecule has 2 aliphatic rings. The van der Waals surface area contributed by atoms with Gasteiger partial charge in [-0.3, -0.25) is 0 Å². The lowest BCUT2D eigenvalue weighted by Gasteiger charge is -2.13. The first kappa shape index (κ1) is 10.4. The van der Waals surface area contributed by atoms with E-state index >= 15 is 0 Å². The molecule has 1 fully saturated rings. The van der Waals surface area contributed by atoms with Crippen LogP contribution in [0.5, 0.6) is 0 Å². The standard InChI is InChI=1S/C13H17ClN2/c14-8-13(6-7-13)9-15-12-5-4-10-2-1-3-11(10)16-12/h4-5H,1-3,6-9H2,(H,15,16). The molecule has 1 heterocycles. The number of nitrogens with one attached hydrogen (secondary N) is 1. The van der Waals surface area contributed by atoms with Crippen LogP contribution in [0.25, 0.3) is 0 Å². The van der Waals surface area contributed by atoms with E-state index in [1.54, 1.807) is 0 Å². The van der Waals surface area contributed by atoms with Gasteiger partial charge in [-0.25, -0.2) is 4.98 Å². The maximum atomic E-state index is 5.96. The summed E-state index contributed by atoms with van der Waals surface area (Å²) in [6.45, 7) is 0.974. The van der Waals surface area contributed by atoms with E-state index in [4.69, 9.17) is 11.6 Å². The highest BCUT2D eigenvalue weighted by atomic mass is 35.5. The number of aryl methyl sites for hydroxylation is 2. The second-order valence-electron chi connectivity index (χ2n) is 5.14. The van der Waals surface area contributed by atoms with Crippen LogP contribution < -0.4 is 5.32 Å². The van der Waals surface area contributed by atoms with Gasteiger partial charge < -0.3 is 5.32 Å². The Morgan fingerprint density at radius 1 is 1.31 bits per heavy atom. The molecular weight excluding hydrogens is 220 g/mol. The summed E-state index contributed by atoms with van der Waals surface area (Å²) in [5.74, 6) is 1.79. The van der Waals surface area contributed by atoms with Crippen LogP contribution in [-0.4, -0.2) is 17.4 Å². The smallest absolute Gasteiger partial charge is 0.126 e. The summed E-state index contributed by atoms with van der Waals surface area (Å²) >= 11 is 5.96. The average Bonchev–Trinajstić information content (AvgIpc) is 2.96. The Balaban J connectivity index is 1.66. The van der Waals surface area contributed by atoms with Crippen molar-refractivity contribution in [3.63, 3.8) is 0 Å². The number of alkyl halides is 1. The highest BCUT2D eigenvalue weighted by Crippen LogP contribution is 2.46. The fraction of sp³-hybridized carbons (Fsp3) is 0.615. The van der Waals surface area contributed by atoms with Crippen molar-refractivity contribution >= 4 is 17.4 Å². The van der Waals surface area contributed by atoms with E-state index in [0.29, 0.717) is 5.41 Å². The molecule has 1 aromatic rings. The number of hydrogen-bond acceptors (Lipinski definition) is 2. The van der Waals surface area contributed by atoms with Crippen LogP contribution in [-0.2, 0) is 12.8 Å². The third-order valence-electron chi connectivity index (χ3n) is 3.81. The van der Waals surface area contributed by atoms with Gasteiger partial charge in [-0.1, -0.05) is 6.07 Å². The van der Waals surface area contributed by atoms with Gasteiger partial charge in [0.25, 0.3) is 0 Å². The first-order valence-electron chi connectivity index (χ1n) is 6.10. The minimum atomic E-state index is 0.363.